The summed E-state index contributed by atoms with van der Waals surface area (Å²) in [5.74, 6) is 3.63. The molecule has 0 saturated carbocycles. The van der Waals surface area contributed by atoms with Gasteiger partial charge in [0, 0.05) is 0 Å². The molecule has 113 heavy (non-hydrogen) atoms. The molecule has 5 heterocycles. The second-order valence-corrected chi connectivity index (χ2v) is 36.5. The Labute approximate surface area is 692 Å². The number of ether oxygens (including phenoxy) is 4. The monoisotopic (exact) mass is 1670 g/mol. The first-order chi connectivity index (χ1) is 55.7. The quantitative estimate of drug-likeness (QED) is 0.0216. The number of nitrogens with two attached hydrogens (primary N) is 2. The SMILES string of the molecule is CCCCCCCCOc1ccc(N(c2ccc(OCCCCCCCC)cc2)c2ccc3c4[se]c(-c5c(N)c(N)c(-c6cc7c([se]6)c6ccc(N(c8ccc(OCCCCCCCC)cc8)c8ccc(OCCCCCCCC)cc8)cc6n7CCCCCCCC)c6nsnc56)cc4n(CCCCCCCC)c3c2)cc1. The van der Waals surface area contributed by atoms with Crippen LogP contribution in [0.2, 0.25) is 0 Å². The molecule has 4 N–H and O–H groups in total. The number of hydrogen-bond acceptors (Lipinski definition) is 11. The molecule has 0 unspecified atom stereocenters. The van der Waals surface area contributed by atoms with Crippen LogP contribution >= 0.6 is 11.7 Å². The van der Waals surface area contributed by atoms with Crippen molar-refractivity contribution in [1.29, 1.82) is 0 Å². The van der Waals surface area contributed by atoms with Crippen LogP contribution in [0, 0.1) is 0 Å². The molecule has 0 aliphatic rings. The topological polar surface area (TPSA) is 131 Å². The number of aromatic nitrogens is 4. The van der Waals surface area contributed by atoms with Gasteiger partial charge in [0.25, 0.3) is 0 Å². The predicted molar refractivity (Wildman–Crippen MR) is 489 cm³/mol. The van der Waals surface area contributed by atoms with Gasteiger partial charge in [-0.2, -0.15) is 0 Å². The number of anilines is 8. The van der Waals surface area contributed by atoms with Crippen LogP contribution in [0.4, 0.5) is 45.5 Å². The van der Waals surface area contributed by atoms with Crippen molar-refractivity contribution in [2.75, 3.05) is 47.7 Å². The van der Waals surface area contributed by atoms with Gasteiger partial charge in [0.1, 0.15) is 0 Å². The van der Waals surface area contributed by atoms with E-state index in [1.54, 1.807) is 0 Å². The van der Waals surface area contributed by atoms with E-state index >= 15 is 0 Å². The van der Waals surface area contributed by atoms with Crippen molar-refractivity contribution >= 4 is 139 Å². The fourth-order valence-corrected chi connectivity index (χ4v) is 22.1. The molecule has 0 aliphatic heterocycles. The Hall–Kier alpha value is -7.64. The van der Waals surface area contributed by atoms with Crippen molar-refractivity contribution in [3.63, 3.8) is 0 Å². The third-order valence-electron chi connectivity index (χ3n) is 22.8. The number of fused-ring (bicyclic) bond motifs is 7. The fraction of sp³-hybridized carbons (Fsp3) is 0.490. The van der Waals surface area contributed by atoms with Crippen LogP contribution in [-0.4, -0.2) is 73.3 Å². The number of benzene rings is 7. The molecule has 5 aromatic heterocycles. The minimum absolute atomic E-state index is 0.111. The number of nitrogens with zero attached hydrogens (tertiary/aromatic N) is 6. The second kappa shape index (κ2) is 45.0. The van der Waals surface area contributed by atoms with E-state index in [1.807, 2.05) is 0 Å². The molecule has 0 spiro atoms. The van der Waals surface area contributed by atoms with Gasteiger partial charge < -0.3 is 0 Å². The Morgan fingerprint density at radius 1 is 0.301 bits per heavy atom. The van der Waals surface area contributed by atoms with E-state index in [4.69, 9.17) is 39.2 Å². The van der Waals surface area contributed by atoms with E-state index in [9.17, 15) is 0 Å². The van der Waals surface area contributed by atoms with Crippen molar-refractivity contribution in [2.45, 2.75) is 286 Å². The molecular weight excluding hydrogens is 1540 g/mol. The van der Waals surface area contributed by atoms with Gasteiger partial charge in [0.15, 0.2) is 0 Å². The molecule has 0 amide bonds. The summed E-state index contributed by atoms with van der Waals surface area (Å²) in [6, 6.07) is 54.1. The number of aryl methyl sites for hydroxylation is 2. The Bertz CT molecular complexity index is 4380. The average Bonchev–Trinajstić information content (AvgIpc) is 1.59. The van der Waals surface area contributed by atoms with Gasteiger partial charge in [0.05, 0.1) is 0 Å². The Morgan fingerprint density at radius 3 is 0.841 bits per heavy atom. The molecule has 12 nitrogen and oxygen atoms in total. The molecule has 0 aliphatic carbocycles. The molecule has 12 rings (SSSR count). The molecule has 604 valence electrons. The summed E-state index contributed by atoms with van der Waals surface area (Å²) in [4.78, 5) is 4.80. The summed E-state index contributed by atoms with van der Waals surface area (Å²) in [5, 5.41) is 2.57. The van der Waals surface area contributed by atoms with Crippen LogP contribution in [0.5, 0.6) is 23.0 Å². The van der Waals surface area contributed by atoms with E-state index in [2.05, 4.69) is 206 Å². The van der Waals surface area contributed by atoms with Crippen LogP contribution < -0.4 is 40.2 Å². The van der Waals surface area contributed by atoms with E-state index in [0.717, 1.165) is 157 Å². The minimum atomic E-state index is -0.111. The average molecular weight is 1670 g/mol. The molecule has 15 heteroatoms. The van der Waals surface area contributed by atoms with Gasteiger partial charge in [-0.3, -0.25) is 0 Å². The predicted octanol–water partition coefficient (Wildman–Crippen LogP) is 29.1. The van der Waals surface area contributed by atoms with Crippen molar-refractivity contribution in [1.82, 2.24) is 17.9 Å². The van der Waals surface area contributed by atoms with E-state index < -0.39 is 0 Å². The maximum absolute atomic E-state index is 7.61. The number of nitrogen functional groups attached to an aromatic ring is 2. The van der Waals surface area contributed by atoms with Crippen molar-refractivity contribution < 1.29 is 18.9 Å². The summed E-state index contributed by atoms with van der Waals surface area (Å²) < 4.78 is 46.2. The molecule has 0 bridgehead atoms. The zero-order chi connectivity index (χ0) is 78.4. The molecule has 0 saturated heterocycles. The maximum atomic E-state index is 7.61. The van der Waals surface area contributed by atoms with Crippen LogP contribution in [0.25, 0.3) is 72.4 Å². The molecule has 0 atom stereocenters. The van der Waals surface area contributed by atoms with Crippen LogP contribution in [0.1, 0.15) is 273 Å². The normalized spacial score (nSPS) is 11.8. The summed E-state index contributed by atoms with van der Waals surface area (Å²) >= 11 is 1.05. The van der Waals surface area contributed by atoms with Crippen molar-refractivity contribution in [3.05, 3.63) is 146 Å². The first kappa shape index (κ1) is 84.7. The zero-order valence-corrected chi connectivity index (χ0v) is 73.5. The molecular formula is C98H130N8O4SSe2. The summed E-state index contributed by atoms with van der Waals surface area (Å²) in [6.07, 6.45) is 44.3. The first-order valence-corrected chi connectivity index (χ1v) is 48.4. The molecule has 7 aromatic carbocycles. The van der Waals surface area contributed by atoms with Gasteiger partial charge in [-0.05, 0) is 25.7 Å². The van der Waals surface area contributed by atoms with E-state index in [1.165, 1.54) is 255 Å². The van der Waals surface area contributed by atoms with Gasteiger partial charge in [0.2, 0.25) is 0 Å². The van der Waals surface area contributed by atoms with Crippen molar-refractivity contribution in [3.8, 4) is 43.0 Å². The molecule has 12 aromatic rings. The van der Waals surface area contributed by atoms with Crippen LogP contribution in [0.3, 0.4) is 0 Å². The Balaban J connectivity index is 0.879. The van der Waals surface area contributed by atoms with Gasteiger partial charge in [-0.25, -0.2) is 0 Å². The third kappa shape index (κ3) is 22.5. The Kier molecular flexibility index (Phi) is 33.8. The summed E-state index contributed by atoms with van der Waals surface area (Å²) in [7, 11) is 0. The standard InChI is InChI=1S/C98H130N8O4SSe2/c1-7-13-19-25-31-37-63-103-85-69-77(105(73-43-53-79(54-44-73)107-65-39-33-27-21-15-9-3)74-45-55-80(56-46-74)108-66-40-34-28-22-16-10-4)51-61-83(85)97-87(103)71-89(112-97)91-93(99)94(100)92(96-95(91)101-111-102-96)90-72-88-98(113-90)84-62-52-78(70-86(84)104(88)64-38-32-26-20-14-8-2)106(75-47-57-81(58-48-75)109-67-41-35-29-23-17-11-5)76-49-59-82(60-50-76)110-68-42-36-30-24-18-12-6/h43-62,69-72H,7-42,63-68,99-100H2,1-6H3. The zero-order valence-electron chi connectivity index (χ0n) is 69.3. The second-order valence-electron chi connectivity index (χ2n) is 31.5. The van der Waals surface area contributed by atoms with Gasteiger partial charge in [-0.1, -0.05) is 156 Å². The fourth-order valence-electron chi connectivity index (χ4n) is 16.3. The van der Waals surface area contributed by atoms with Crippen LogP contribution in [0.15, 0.2) is 146 Å². The summed E-state index contributed by atoms with van der Waals surface area (Å²) in [6.45, 7) is 18.5. The number of unbranched alkanes of at least 4 members (excludes halogenated alkanes) is 30. The van der Waals surface area contributed by atoms with Gasteiger partial charge in [-0.15, -0.1) is 0 Å². The van der Waals surface area contributed by atoms with E-state index in [-0.39, 0.29) is 29.0 Å². The Morgan fingerprint density at radius 2 is 0.558 bits per heavy atom. The first-order valence-electron chi connectivity index (χ1n) is 44.2. The summed E-state index contributed by atoms with van der Waals surface area (Å²) in [5.41, 5.74) is 31.6. The third-order valence-corrected chi connectivity index (χ3v) is 28.2. The van der Waals surface area contributed by atoms with E-state index in [0.29, 0.717) is 11.4 Å². The molecule has 0 radical (unpaired) electrons. The number of hydrogen-bond donors (Lipinski definition) is 2. The van der Waals surface area contributed by atoms with Gasteiger partial charge >= 0.3 is 516 Å². The van der Waals surface area contributed by atoms with Crippen LogP contribution in [-0.2, 0) is 13.1 Å². The van der Waals surface area contributed by atoms with Crippen molar-refractivity contribution in [2.24, 2.45) is 0 Å². The molecule has 0 fully saturated rings. The number of rotatable bonds is 54.